The molecule has 2 rings (SSSR count). The molecule has 0 saturated heterocycles. The van der Waals surface area contributed by atoms with Gasteiger partial charge in [0, 0.05) is 0 Å². The molecule has 21 heavy (non-hydrogen) atoms. The van der Waals surface area contributed by atoms with Crippen LogP contribution < -0.4 is 9.47 Å². The quantitative estimate of drug-likeness (QED) is 0.842. The summed E-state index contributed by atoms with van der Waals surface area (Å²) in [6, 6.07) is 17.0. The minimum atomic E-state index is 0.371. The third-order valence-corrected chi connectivity index (χ3v) is 3.00. The molecule has 4 nitrogen and oxygen atoms in total. The number of rotatable bonds is 5. The molecule has 0 radical (unpaired) electrons. The van der Waals surface area contributed by atoms with Crippen molar-refractivity contribution in [3.63, 3.8) is 0 Å². The maximum absolute atomic E-state index is 9.04. The van der Waals surface area contributed by atoms with Crippen LogP contribution in [-0.2, 0) is 13.0 Å². The summed E-state index contributed by atoms with van der Waals surface area (Å²) in [4.78, 5) is 0. The van der Waals surface area contributed by atoms with E-state index in [9.17, 15) is 0 Å². The first kappa shape index (κ1) is 14.4. The van der Waals surface area contributed by atoms with E-state index in [-0.39, 0.29) is 0 Å². The van der Waals surface area contributed by atoms with Gasteiger partial charge in [-0.15, -0.1) is 0 Å². The Labute approximate surface area is 123 Å². The van der Waals surface area contributed by atoms with Gasteiger partial charge in [-0.05, 0) is 35.4 Å². The standard InChI is InChI=1S/C17H14N2O2/c1-20-17-7-4-14(10-15(17)11-19)12-21-16-5-2-13(3-6-16)8-9-18/h2-7,10H,8,12H2,1H3. The highest BCUT2D eigenvalue weighted by Gasteiger charge is 2.04. The van der Waals surface area contributed by atoms with E-state index in [2.05, 4.69) is 12.1 Å². The van der Waals surface area contributed by atoms with E-state index in [0.717, 1.165) is 16.9 Å². The number of benzene rings is 2. The van der Waals surface area contributed by atoms with Crippen molar-refractivity contribution in [2.45, 2.75) is 13.0 Å². The normalized spacial score (nSPS) is 9.48. The molecule has 4 heteroatoms. The number of ether oxygens (including phenoxy) is 2. The molecule has 0 saturated carbocycles. The van der Waals surface area contributed by atoms with Gasteiger partial charge in [0.15, 0.2) is 0 Å². The molecule has 0 aliphatic carbocycles. The van der Waals surface area contributed by atoms with Gasteiger partial charge in [0.1, 0.15) is 24.2 Å². The Morgan fingerprint density at radius 2 is 1.71 bits per heavy atom. The first-order valence-corrected chi connectivity index (χ1v) is 6.42. The maximum Gasteiger partial charge on any atom is 0.136 e. The Balaban J connectivity index is 2.03. The van der Waals surface area contributed by atoms with Crippen molar-refractivity contribution in [2.24, 2.45) is 0 Å². The van der Waals surface area contributed by atoms with Gasteiger partial charge in [-0.25, -0.2) is 0 Å². The molecular weight excluding hydrogens is 264 g/mol. The molecular formula is C17H14N2O2. The van der Waals surface area contributed by atoms with Crippen LogP contribution in [0.4, 0.5) is 0 Å². The molecule has 0 fully saturated rings. The molecule has 0 aliphatic rings. The largest absolute Gasteiger partial charge is 0.495 e. The molecule has 2 aromatic rings. The Hall–Kier alpha value is -2.98. The zero-order valence-corrected chi connectivity index (χ0v) is 11.7. The molecule has 0 heterocycles. The van der Waals surface area contributed by atoms with Crippen molar-refractivity contribution >= 4 is 0 Å². The van der Waals surface area contributed by atoms with Crippen LogP contribution in [0.3, 0.4) is 0 Å². The summed E-state index contributed by atoms with van der Waals surface area (Å²) < 4.78 is 10.8. The van der Waals surface area contributed by atoms with E-state index in [0.29, 0.717) is 24.3 Å². The highest BCUT2D eigenvalue weighted by molar-refractivity contribution is 5.45. The van der Waals surface area contributed by atoms with Crippen molar-refractivity contribution in [1.29, 1.82) is 10.5 Å². The smallest absolute Gasteiger partial charge is 0.136 e. The molecule has 0 aliphatic heterocycles. The predicted octanol–water partition coefficient (Wildman–Crippen LogP) is 3.21. The van der Waals surface area contributed by atoms with Gasteiger partial charge in [0.05, 0.1) is 25.2 Å². The molecule has 0 atom stereocenters. The van der Waals surface area contributed by atoms with Gasteiger partial charge in [-0.1, -0.05) is 18.2 Å². The maximum atomic E-state index is 9.04. The van der Waals surface area contributed by atoms with Crippen LogP contribution >= 0.6 is 0 Å². The van der Waals surface area contributed by atoms with Crippen molar-refractivity contribution in [2.75, 3.05) is 7.11 Å². The monoisotopic (exact) mass is 278 g/mol. The third kappa shape index (κ3) is 3.75. The Kier molecular flexibility index (Phi) is 4.79. The second kappa shape index (κ2) is 6.98. The Bertz CT molecular complexity index is 694. The van der Waals surface area contributed by atoms with Crippen molar-refractivity contribution in [3.05, 3.63) is 59.2 Å². The lowest BCUT2D eigenvalue weighted by Gasteiger charge is -2.08. The van der Waals surface area contributed by atoms with E-state index in [1.807, 2.05) is 30.3 Å². The third-order valence-electron chi connectivity index (χ3n) is 3.00. The predicted molar refractivity (Wildman–Crippen MR) is 77.8 cm³/mol. The molecule has 0 spiro atoms. The summed E-state index contributed by atoms with van der Waals surface area (Å²) in [6.45, 7) is 0.371. The van der Waals surface area contributed by atoms with Gasteiger partial charge in [-0.3, -0.25) is 0 Å². The summed E-state index contributed by atoms with van der Waals surface area (Å²) in [5, 5.41) is 17.7. The number of nitriles is 2. The van der Waals surface area contributed by atoms with E-state index in [1.165, 1.54) is 7.11 Å². The SMILES string of the molecule is COc1ccc(COc2ccc(CC#N)cc2)cc1C#N. The lowest BCUT2D eigenvalue weighted by molar-refractivity contribution is 0.306. The summed E-state index contributed by atoms with van der Waals surface area (Å²) in [6.07, 6.45) is 0.393. The van der Waals surface area contributed by atoms with Gasteiger partial charge in [0.25, 0.3) is 0 Å². The number of hydrogen-bond acceptors (Lipinski definition) is 4. The molecule has 0 aromatic heterocycles. The lowest BCUT2D eigenvalue weighted by Crippen LogP contribution is -1.97. The Morgan fingerprint density at radius 3 is 2.33 bits per heavy atom. The highest BCUT2D eigenvalue weighted by atomic mass is 16.5. The zero-order chi connectivity index (χ0) is 15.1. The highest BCUT2D eigenvalue weighted by Crippen LogP contribution is 2.20. The zero-order valence-electron chi connectivity index (χ0n) is 11.7. The average Bonchev–Trinajstić information content (AvgIpc) is 2.54. The second-order valence-corrected chi connectivity index (χ2v) is 4.41. The topological polar surface area (TPSA) is 66.0 Å². The summed E-state index contributed by atoms with van der Waals surface area (Å²) >= 11 is 0. The average molecular weight is 278 g/mol. The molecule has 104 valence electrons. The van der Waals surface area contributed by atoms with Crippen LogP contribution in [0.1, 0.15) is 16.7 Å². The van der Waals surface area contributed by atoms with Gasteiger partial charge in [-0.2, -0.15) is 10.5 Å². The summed E-state index contributed by atoms with van der Waals surface area (Å²) in [7, 11) is 1.54. The fourth-order valence-electron chi connectivity index (χ4n) is 1.89. The van der Waals surface area contributed by atoms with Crippen LogP contribution in [-0.4, -0.2) is 7.11 Å². The van der Waals surface area contributed by atoms with Crippen molar-refractivity contribution < 1.29 is 9.47 Å². The van der Waals surface area contributed by atoms with Crippen molar-refractivity contribution in [3.8, 4) is 23.6 Å². The number of methoxy groups -OCH3 is 1. The van der Waals surface area contributed by atoms with Crippen LogP contribution in [0.25, 0.3) is 0 Å². The molecule has 2 aromatic carbocycles. The van der Waals surface area contributed by atoms with Crippen molar-refractivity contribution in [1.82, 2.24) is 0 Å². The fourth-order valence-corrected chi connectivity index (χ4v) is 1.89. The van der Waals surface area contributed by atoms with Crippen LogP contribution in [0.15, 0.2) is 42.5 Å². The van der Waals surface area contributed by atoms with E-state index in [1.54, 1.807) is 12.1 Å². The first-order valence-electron chi connectivity index (χ1n) is 6.42. The minimum Gasteiger partial charge on any atom is -0.495 e. The number of hydrogen-bond donors (Lipinski definition) is 0. The second-order valence-electron chi connectivity index (χ2n) is 4.41. The first-order chi connectivity index (χ1) is 10.3. The summed E-state index contributed by atoms with van der Waals surface area (Å²) in [5.74, 6) is 1.29. The molecule has 0 bridgehead atoms. The fraction of sp³-hybridized carbons (Fsp3) is 0.176. The molecule has 0 unspecified atom stereocenters. The van der Waals surface area contributed by atoms with Gasteiger partial charge >= 0.3 is 0 Å². The van der Waals surface area contributed by atoms with Crippen LogP contribution in [0.2, 0.25) is 0 Å². The molecule has 0 N–H and O–H groups in total. The lowest BCUT2D eigenvalue weighted by atomic mass is 10.1. The molecule has 0 amide bonds. The Morgan fingerprint density at radius 1 is 1.00 bits per heavy atom. The van der Waals surface area contributed by atoms with Crippen LogP contribution in [0.5, 0.6) is 11.5 Å². The van der Waals surface area contributed by atoms with E-state index in [4.69, 9.17) is 20.0 Å². The minimum absolute atomic E-state index is 0.371. The number of nitrogens with zero attached hydrogens (tertiary/aromatic N) is 2. The van der Waals surface area contributed by atoms with Gasteiger partial charge < -0.3 is 9.47 Å². The van der Waals surface area contributed by atoms with Crippen LogP contribution in [0, 0.1) is 22.7 Å². The van der Waals surface area contributed by atoms with Gasteiger partial charge in [0.2, 0.25) is 0 Å². The van der Waals surface area contributed by atoms with E-state index < -0.39 is 0 Å². The summed E-state index contributed by atoms with van der Waals surface area (Å²) in [5.41, 5.74) is 2.34. The van der Waals surface area contributed by atoms with E-state index >= 15 is 0 Å².